The van der Waals surface area contributed by atoms with Crippen molar-refractivity contribution in [3.63, 3.8) is 0 Å². The topological polar surface area (TPSA) is 140 Å². The summed E-state index contributed by atoms with van der Waals surface area (Å²) in [4.78, 5) is 28.5. The lowest BCUT2D eigenvalue weighted by atomic mass is 10.0. The average Bonchev–Trinajstić information content (AvgIpc) is 3.32. The highest BCUT2D eigenvalue weighted by Gasteiger charge is 2.24. The van der Waals surface area contributed by atoms with Gasteiger partial charge in [-0.1, -0.05) is 42.0 Å². The van der Waals surface area contributed by atoms with Crippen LogP contribution in [0.4, 0.5) is 14.9 Å². The summed E-state index contributed by atoms with van der Waals surface area (Å²) in [6, 6.07) is 19.3. The molecule has 5 rings (SSSR count). The largest absolute Gasteiger partial charge is 0.465 e. The van der Waals surface area contributed by atoms with Crippen molar-refractivity contribution in [3.8, 4) is 11.5 Å². The molecule has 0 fully saturated rings. The third-order valence-corrected chi connectivity index (χ3v) is 8.36. The summed E-state index contributed by atoms with van der Waals surface area (Å²) < 4.78 is 49.0. The number of carbonyl (C=O) groups excluding carboxylic acids is 1. The second kappa shape index (κ2) is 11.9. The monoisotopic (exact) mass is 602 g/mol. The maximum absolute atomic E-state index is 15.3. The Kier molecular flexibility index (Phi) is 8.13. The van der Waals surface area contributed by atoms with E-state index in [1.54, 1.807) is 49.4 Å². The van der Waals surface area contributed by atoms with E-state index in [2.05, 4.69) is 15.6 Å². The second-order valence-electron chi connectivity index (χ2n) is 9.86. The summed E-state index contributed by atoms with van der Waals surface area (Å²) in [7, 11) is -3.97. The van der Waals surface area contributed by atoms with Gasteiger partial charge in [0.15, 0.2) is 17.2 Å². The van der Waals surface area contributed by atoms with Crippen molar-refractivity contribution in [2.75, 3.05) is 5.32 Å². The zero-order valence-electron chi connectivity index (χ0n) is 23.1. The van der Waals surface area contributed by atoms with E-state index in [1.807, 2.05) is 6.92 Å². The molecule has 0 spiro atoms. The van der Waals surface area contributed by atoms with Gasteiger partial charge < -0.3 is 20.5 Å². The lowest BCUT2D eigenvalue weighted by molar-refractivity contribution is -0.118. The fourth-order valence-electron chi connectivity index (χ4n) is 4.58. The number of rotatable bonds is 9. The molecule has 12 heteroatoms. The van der Waals surface area contributed by atoms with Crippen molar-refractivity contribution in [3.05, 3.63) is 114 Å². The Bertz CT molecular complexity index is 1930. The van der Waals surface area contributed by atoms with Crippen LogP contribution < -0.4 is 15.4 Å². The molecule has 220 valence electrons. The molecule has 2 aromatic heterocycles. The summed E-state index contributed by atoms with van der Waals surface area (Å²) in [5, 5.41) is 14.5. The minimum atomic E-state index is -3.97. The highest BCUT2D eigenvalue weighted by Crippen LogP contribution is 2.35. The summed E-state index contributed by atoms with van der Waals surface area (Å²) >= 11 is 0. The van der Waals surface area contributed by atoms with Crippen LogP contribution >= 0.6 is 0 Å². The number of ether oxygens (including phenoxy) is 1. The number of carbonyl (C=O) groups is 2. The van der Waals surface area contributed by atoms with Gasteiger partial charge >= 0.3 is 6.09 Å². The number of hydrogen-bond acceptors (Lipinski definition) is 6. The van der Waals surface area contributed by atoms with Crippen LogP contribution in [0.1, 0.15) is 16.7 Å². The Morgan fingerprint density at radius 2 is 1.72 bits per heavy atom. The fraction of sp³-hybridized carbons (Fsp3) is 0.129. The first kappa shape index (κ1) is 29.3. The standard InChI is InChI=1S/C31H27FN4O6S/c1-19-8-11-23(12-9-19)43(40,41)36-18-20(2)28-27(14-15-33-29(28)36)42-26-13-10-21(16-24(26)32)17-25(35-31(38)39)30(37)34-22-6-4-3-5-7-22/h3-16,18,25,35H,17H2,1-2H3,(H,34,37)(H,38,39). The van der Waals surface area contributed by atoms with Crippen LogP contribution in [0.15, 0.2) is 96.2 Å². The Balaban J connectivity index is 1.40. The molecule has 43 heavy (non-hydrogen) atoms. The smallest absolute Gasteiger partial charge is 0.405 e. The molecule has 5 aromatic rings. The quantitative estimate of drug-likeness (QED) is 0.198. The molecule has 0 aliphatic carbocycles. The number of halogens is 1. The first-order valence-electron chi connectivity index (χ1n) is 13.1. The summed E-state index contributed by atoms with van der Waals surface area (Å²) in [5.74, 6) is -1.32. The lowest BCUT2D eigenvalue weighted by Gasteiger charge is -2.17. The first-order chi connectivity index (χ1) is 20.5. The predicted octanol–water partition coefficient (Wildman–Crippen LogP) is 5.64. The van der Waals surface area contributed by atoms with Gasteiger partial charge in [-0.2, -0.15) is 0 Å². The number of aromatic nitrogens is 2. The molecule has 1 atom stereocenters. The van der Waals surface area contributed by atoms with Crippen LogP contribution in [0.5, 0.6) is 11.5 Å². The maximum Gasteiger partial charge on any atom is 0.405 e. The van der Waals surface area contributed by atoms with Gasteiger partial charge in [-0.05, 0) is 67.4 Å². The molecule has 0 bridgehead atoms. The van der Waals surface area contributed by atoms with Gasteiger partial charge in [-0.15, -0.1) is 0 Å². The SMILES string of the molecule is Cc1ccc(S(=O)(=O)n2cc(C)c3c(Oc4ccc(CC(NC(=O)O)C(=O)Nc5ccccc5)cc4F)ccnc32)cc1. The Morgan fingerprint density at radius 1 is 1.00 bits per heavy atom. The number of hydrogen-bond donors (Lipinski definition) is 3. The number of carboxylic acid groups (broad SMARTS) is 1. The molecular weight excluding hydrogens is 575 g/mol. The third-order valence-electron chi connectivity index (χ3n) is 6.70. The molecular formula is C31H27FN4O6S. The molecule has 0 radical (unpaired) electrons. The zero-order valence-corrected chi connectivity index (χ0v) is 23.9. The normalized spacial score (nSPS) is 12.1. The molecule has 0 aliphatic heterocycles. The van der Waals surface area contributed by atoms with E-state index >= 15 is 4.39 Å². The van der Waals surface area contributed by atoms with Crippen molar-refractivity contribution in [1.29, 1.82) is 0 Å². The van der Waals surface area contributed by atoms with Gasteiger partial charge in [0.1, 0.15) is 11.8 Å². The van der Waals surface area contributed by atoms with Crippen LogP contribution in [-0.2, 0) is 21.2 Å². The number of amides is 2. The fourth-order valence-corrected chi connectivity index (χ4v) is 5.95. The van der Waals surface area contributed by atoms with Gasteiger partial charge in [-0.25, -0.2) is 26.6 Å². The van der Waals surface area contributed by atoms with Crippen LogP contribution in [-0.4, -0.2) is 40.5 Å². The third kappa shape index (κ3) is 6.33. The van der Waals surface area contributed by atoms with E-state index in [0.717, 1.165) is 15.6 Å². The first-order valence-corrected chi connectivity index (χ1v) is 14.6. The lowest BCUT2D eigenvalue weighted by Crippen LogP contribution is -2.44. The van der Waals surface area contributed by atoms with E-state index in [0.29, 0.717) is 22.2 Å². The molecule has 3 N–H and O–H groups in total. The number of aryl methyl sites for hydroxylation is 2. The number of para-hydroxylation sites is 1. The molecule has 2 heterocycles. The Labute approximate surface area is 246 Å². The number of fused-ring (bicyclic) bond motifs is 1. The van der Waals surface area contributed by atoms with E-state index < -0.39 is 33.9 Å². The Morgan fingerprint density at radius 3 is 2.40 bits per heavy atom. The molecule has 0 saturated heterocycles. The van der Waals surface area contributed by atoms with E-state index in [1.165, 1.54) is 42.7 Å². The zero-order chi connectivity index (χ0) is 30.7. The summed E-state index contributed by atoms with van der Waals surface area (Å²) in [6.07, 6.45) is 1.29. The van der Waals surface area contributed by atoms with E-state index in [4.69, 9.17) is 4.74 Å². The molecule has 3 aromatic carbocycles. The van der Waals surface area contributed by atoms with Crippen molar-refractivity contribution in [1.82, 2.24) is 14.3 Å². The predicted molar refractivity (Wildman–Crippen MR) is 158 cm³/mol. The number of nitrogens with one attached hydrogen (secondary N) is 2. The molecule has 0 aliphatic rings. The number of anilines is 1. The highest BCUT2D eigenvalue weighted by atomic mass is 32.2. The van der Waals surface area contributed by atoms with Crippen molar-refractivity contribution in [2.45, 2.75) is 31.2 Å². The van der Waals surface area contributed by atoms with Gasteiger partial charge in [0, 0.05) is 24.5 Å². The van der Waals surface area contributed by atoms with Crippen LogP contribution in [0.25, 0.3) is 11.0 Å². The minimum absolute atomic E-state index is 0.0953. The molecule has 2 amide bonds. The minimum Gasteiger partial charge on any atom is -0.465 e. The maximum atomic E-state index is 15.3. The van der Waals surface area contributed by atoms with Gasteiger partial charge in [0.25, 0.3) is 10.0 Å². The molecule has 10 nitrogen and oxygen atoms in total. The van der Waals surface area contributed by atoms with E-state index in [-0.39, 0.29) is 28.5 Å². The summed E-state index contributed by atoms with van der Waals surface area (Å²) in [6.45, 7) is 3.56. The van der Waals surface area contributed by atoms with Crippen molar-refractivity contribution < 1.29 is 32.2 Å². The van der Waals surface area contributed by atoms with Crippen molar-refractivity contribution in [2.24, 2.45) is 0 Å². The van der Waals surface area contributed by atoms with Crippen LogP contribution in [0.3, 0.4) is 0 Å². The van der Waals surface area contributed by atoms with Gasteiger partial charge in [0.2, 0.25) is 5.91 Å². The molecule has 1 unspecified atom stereocenters. The second-order valence-corrected chi connectivity index (χ2v) is 11.7. The van der Waals surface area contributed by atoms with Crippen molar-refractivity contribution >= 4 is 38.7 Å². The Hall–Kier alpha value is -5.23. The number of pyridine rings is 1. The summed E-state index contributed by atoms with van der Waals surface area (Å²) in [5.41, 5.74) is 2.42. The number of benzene rings is 3. The van der Waals surface area contributed by atoms with Gasteiger partial charge in [0.05, 0.1) is 10.3 Å². The van der Waals surface area contributed by atoms with Gasteiger partial charge in [-0.3, -0.25) is 4.79 Å². The number of nitrogens with zero attached hydrogens (tertiary/aromatic N) is 2. The van der Waals surface area contributed by atoms with E-state index in [9.17, 15) is 23.1 Å². The van der Waals surface area contributed by atoms with Crippen LogP contribution in [0.2, 0.25) is 0 Å². The average molecular weight is 603 g/mol. The van der Waals surface area contributed by atoms with Crippen LogP contribution in [0, 0.1) is 19.7 Å². The molecule has 0 saturated carbocycles. The highest BCUT2D eigenvalue weighted by molar-refractivity contribution is 7.90.